The molecule has 0 aliphatic heterocycles. The van der Waals surface area contributed by atoms with Crippen LogP contribution in [0.1, 0.15) is 39.5 Å². The Labute approximate surface area is 75.1 Å². The van der Waals surface area contributed by atoms with Crippen LogP contribution in [0.25, 0.3) is 0 Å². The summed E-state index contributed by atoms with van der Waals surface area (Å²) in [6, 6.07) is 0.437. The number of unbranched alkanes of at least 4 members (excludes halogenated alkanes) is 1. The van der Waals surface area contributed by atoms with Gasteiger partial charge in [0.2, 0.25) is 0 Å². The van der Waals surface area contributed by atoms with Crippen molar-refractivity contribution in [3.8, 4) is 0 Å². The first-order valence-electron chi connectivity index (χ1n) is 4.64. The molecule has 11 heavy (non-hydrogen) atoms. The van der Waals surface area contributed by atoms with Gasteiger partial charge in [-0.2, -0.15) is 11.8 Å². The topological polar surface area (TPSA) is 26.0 Å². The Morgan fingerprint density at radius 1 is 1.27 bits per heavy atom. The SMILES string of the molecule is CCCCC(N)CSCCC. The van der Waals surface area contributed by atoms with Crippen LogP contribution >= 0.6 is 11.8 Å². The van der Waals surface area contributed by atoms with Crippen molar-refractivity contribution in [3.05, 3.63) is 0 Å². The molecule has 0 rings (SSSR count). The molecule has 0 aromatic carbocycles. The predicted molar refractivity (Wildman–Crippen MR) is 55.1 cm³/mol. The molecule has 2 N–H and O–H groups in total. The summed E-state index contributed by atoms with van der Waals surface area (Å²) >= 11 is 1.99. The van der Waals surface area contributed by atoms with E-state index in [4.69, 9.17) is 5.73 Å². The lowest BCUT2D eigenvalue weighted by atomic mass is 10.2. The molecule has 0 amide bonds. The van der Waals surface area contributed by atoms with E-state index in [2.05, 4.69) is 13.8 Å². The number of thioether (sulfide) groups is 1. The van der Waals surface area contributed by atoms with Gasteiger partial charge in [-0.15, -0.1) is 0 Å². The summed E-state index contributed by atoms with van der Waals surface area (Å²) in [5, 5.41) is 0. The molecule has 0 saturated carbocycles. The first-order chi connectivity index (χ1) is 5.31. The third-order valence-corrected chi connectivity index (χ3v) is 2.97. The van der Waals surface area contributed by atoms with Crippen molar-refractivity contribution < 1.29 is 0 Å². The zero-order valence-corrected chi connectivity index (χ0v) is 8.62. The van der Waals surface area contributed by atoms with Crippen LogP contribution in [0.3, 0.4) is 0 Å². The van der Waals surface area contributed by atoms with E-state index in [9.17, 15) is 0 Å². The van der Waals surface area contributed by atoms with Gasteiger partial charge in [0.05, 0.1) is 0 Å². The fourth-order valence-electron chi connectivity index (χ4n) is 0.929. The number of hydrogen-bond donors (Lipinski definition) is 1. The van der Waals surface area contributed by atoms with E-state index < -0.39 is 0 Å². The molecule has 0 aromatic heterocycles. The molecule has 1 unspecified atom stereocenters. The maximum Gasteiger partial charge on any atom is 0.0130 e. The number of hydrogen-bond acceptors (Lipinski definition) is 2. The summed E-state index contributed by atoms with van der Waals surface area (Å²) < 4.78 is 0. The van der Waals surface area contributed by atoms with E-state index >= 15 is 0 Å². The van der Waals surface area contributed by atoms with E-state index in [-0.39, 0.29) is 0 Å². The van der Waals surface area contributed by atoms with Crippen molar-refractivity contribution in [3.63, 3.8) is 0 Å². The minimum absolute atomic E-state index is 0.437. The van der Waals surface area contributed by atoms with Crippen LogP contribution in [0, 0.1) is 0 Å². The monoisotopic (exact) mass is 175 g/mol. The van der Waals surface area contributed by atoms with Crippen molar-refractivity contribution in [2.75, 3.05) is 11.5 Å². The van der Waals surface area contributed by atoms with E-state index in [0.717, 1.165) is 5.75 Å². The van der Waals surface area contributed by atoms with E-state index in [1.807, 2.05) is 11.8 Å². The summed E-state index contributed by atoms with van der Waals surface area (Å²) in [6.07, 6.45) is 5.03. The number of nitrogens with two attached hydrogens (primary N) is 1. The summed E-state index contributed by atoms with van der Waals surface area (Å²) in [5.74, 6) is 2.41. The molecule has 1 atom stereocenters. The Kier molecular flexibility index (Phi) is 8.64. The molecule has 2 heteroatoms. The zero-order valence-electron chi connectivity index (χ0n) is 7.81. The van der Waals surface area contributed by atoms with Crippen molar-refractivity contribution in [1.29, 1.82) is 0 Å². The second kappa shape index (κ2) is 8.41. The van der Waals surface area contributed by atoms with Crippen LogP contribution in [0.15, 0.2) is 0 Å². The quantitative estimate of drug-likeness (QED) is 0.602. The van der Waals surface area contributed by atoms with Crippen LogP contribution in [0.2, 0.25) is 0 Å². The van der Waals surface area contributed by atoms with Gasteiger partial charge in [-0.1, -0.05) is 26.7 Å². The highest BCUT2D eigenvalue weighted by Crippen LogP contribution is 2.07. The van der Waals surface area contributed by atoms with E-state index in [1.165, 1.54) is 31.4 Å². The molecule has 0 bridgehead atoms. The Hall–Kier alpha value is 0.310. The average Bonchev–Trinajstić information content (AvgIpc) is 2.01. The molecule has 0 spiro atoms. The fourth-order valence-corrected chi connectivity index (χ4v) is 1.85. The molecule has 0 fully saturated rings. The molecule has 0 aliphatic carbocycles. The van der Waals surface area contributed by atoms with Gasteiger partial charge in [0.1, 0.15) is 0 Å². The van der Waals surface area contributed by atoms with Gasteiger partial charge in [0.25, 0.3) is 0 Å². The highest BCUT2D eigenvalue weighted by atomic mass is 32.2. The lowest BCUT2D eigenvalue weighted by molar-refractivity contribution is 0.622. The summed E-state index contributed by atoms with van der Waals surface area (Å²) in [7, 11) is 0. The van der Waals surface area contributed by atoms with Crippen LogP contribution in [0.4, 0.5) is 0 Å². The second-order valence-corrected chi connectivity index (χ2v) is 4.13. The molecule has 0 aliphatic rings. The van der Waals surface area contributed by atoms with Crippen LogP contribution in [0.5, 0.6) is 0 Å². The van der Waals surface area contributed by atoms with Crippen LogP contribution in [-0.4, -0.2) is 17.5 Å². The third-order valence-electron chi connectivity index (χ3n) is 1.61. The largest absolute Gasteiger partial charge is 0.327 e. The van der Waals surface area contributed by atoms with Crippen LogP contribution in [-0.2, 0) is 0 Å². The minimum Gasteiger partial charge on any atom is -0.327 e. The Bertz CT molecular complexity index is 76.0. The minimum atomic E-state index is 0.437. The van der Waals surface area contributed by atoms with E-state index in [1.54, 1.807) is 0 Å². The van der Waals surface area contributed by atoms with Crippen molar-refractivity contribution >= 4 is 11.8 Å². The maximum absolute atomic E-state index is 5.88. The molecular weight excluding hydrogens is 154 g/mol. The van der Waals surface area contributed by atoms with Crippen LogP contribution < -0.4 is 5.73 Å². The third kappa shape index (κ3) is 8.21. The molecule has 1 nitrogen and oxygen atoms in total. The Morgan fingerprint density at radius 3 is 2.55 bits per heavy atom. The van der Waals surface area contributed by atoms with Gasteiger partial charge in [-0.3, -0.25) is 0 Å². The van der Waals surface area contributed by atoms with Gasteiger partial charge in [-0.05, 0) is 18.6 Å². The van der Waals surface area contributed by atoms with E-state index in [0.29, 0.717) is 6.04 Å². The van der Waals surface area contributed by atoms with Crippen molar-refractivity contribution in [1.82, 2.24) is 0 Å². The normalized spacial score (nSPS) is 13.4. The van der Waals surface area contributed by atoms with Gasteiger partial charge >= 0.3 is 0 Å². The molecular formula is C9H21NS. The average molecular weight is 175 g/mol. The van der Waals surface area contributed by atoms with Crippen molar-refractivity contribution in [2.45, 2.75) is 45.6 Å². The summed E-state index contributed by atoms with van der Waals surface area (Å²) in [4.78, 5) is 0. The van der Waals surface area contributed by atoms with Gasteiger partial charge in [0.15, 0.2) is 0 Å². The van der Waals surface area contributed by atoms with Gasteiger partial charge in [-0.25, -0.2) is 0 Å². The number of rotatable bonds is 7. The maximum atomic E-state index is 5.88. The lowest BCUT2D eigenvalue weighted by Crippen LogP contribution is -2.22. The summed E-state index contributed by atoms with van der Waals surface area (Å²) in [6.45, 7) is 4.43. The second-order valence-electron chi connectivity index (χ2n) is 2.98. The Morgan fingerprint density at radius 2 is 2.00 bits per heavy atom. The standard InChI is InChI=1S/C9H21NS/c1-3-5-6-9(10)8-11-7-4-2/h9H,3-8,10H2,1-2H3. The highest BCUT2D eigenvalue weighted by molar-refractivity contribution is 7.99. The van der Waals surface area contributed by atoms with Crippen molar-refractivity contribution in [2.24, 2.45) is 5.73 Å². The fraction of sp³-hybridized carbons (Fsp3) is 1.00. The first-order valence-corrected chi connectivity index (χ1v) is 5.80. The molecule has 68 valence electrons. The molecule has 0 heterocycles. The summed E-state index contributed by atoms with van der Waals surface area (Å²) in [5.41, 5.74) is 5.88. The molecule has 0 aromatic rings. The van der Waals surface area contributed by atoms with Gasteiger partial charge < -0.3 is 5.73 Å². The highest BCUT2D eigenvalue weighted by Gasteiger charge is 2.00. The Balaban J connectivity index is 3.02. The molecule has 0 radical (unpaired) electrons. The zero-order chi connectivity index (χ0) is 8.53. The van der Waals surface area contributed by atoms with Gasteiger partial charge in [0, 0.05) is 11.8 Å². The smallest absolute Gasteiger partial charge is 0.0130 e. The predicted octanol–water partition coefficient (Wildman–Crippen LogP) is 2.65. The molecule has 0 saturated heterocycles. The first kappa shape index (κ1) is 11.3. The lowest BCUT2D eigenvalue weighted by Gasteiger charge is -2.09.